The van der Waals surface area contributed by atoms with E-state index in [4.69, 9.17) is 4.74 Å². The molecule has 0 spiro atoms. The van der Waals surface area contributed by atoms with Gasteiger partial charge in [0.25, 0.3) is 5.91 Å². The van der Waals surface area contributed by atoms with E-state index >= 15 is 0 Å². The highest BCUT2D eigenvalue weighted by Gasteiger charge is 2.28. The van der Waals surface area contributed by atoms with E-state index in [1.165, 1.54) is 0 Å². The number of rotatable bonds is 10. The van der Waals surface area contributed by atoms with Crippen LogP contribution in [-0.2, 0) is 16.1 Å². The maximum atomic E-state index is 13.0. The molecule has 28 heavy (non-hydrogen) atoms. The summed E-state index contributed by atoms with van der Waals surface area (Å²) in [6.07, 6.45) is 1.39. The maximum absolute atomic E-state index is 13.0. The molecule has 0 aliphatic carbocycles. The number of nitrogens with one attached hydrogen (secondary N) is 1. The second kappa shape index (κ2) is 11.1. The van der Waals surface area contributed by atoms with Crippen LogP contribution in [-0.4, -0.2) is 35.9 Å². The largest absolute Gasteiger partial charge is 0.484 e. The molecule has 0 radical (unpaired) electrons. The average Bonchev–Trinajstić information content (AvgIpc) is 2.72. The lowest BCUT2D eigenvalue weighted by Gasteiger charge is -2.30. The number of aryl methyl sites for hydroxylation is 1. The van der Waals surface area contributed by atoms with Crippen LogP contribution in [0.15, 0.2) is 54.6 Å². The van der Waals surface area contributed by atoms with Crippen LogP contribution in [0.1, 0.15) is 37.8 Å². The van der Waals surface area contributed by atoms with Crippen molar-refractivity contribution in [3.05, 3.63) is 65.7 Å². The molecule has 2 rings (SSSR count). The van der Waals surface area contributed by atoms with Crippen LogP contribution in [0, 0.1) is 6.92 Å². The van der Waals surface area contributed by atoms with E-state index in [9.17, 15) is 9.59 Å². The van der Waals surface area contributed by atoms with Gasteiger partial charge in [0.15, 0.2) is 6.61 Å². The maximum Gasteiger partial charge on any atom is 0.261 e. The van der Waals surface area contributed by atoms with Gasteiger partial charge < -0.3 is 15.0 Å². The Hall–Kier alpha value is -2.82. The minimum Gasteiger partial charge on any atom is -0.484 e. The standard InChI is InChI=1S/C23H30N2O3/c1-4-15-24-23(27)21(5-2)25(16-19-13-11-18(3)12-14-19)22(26)17-28-20-9-7-6-8-10-20/h6-14,21H,4-5,15-17H2,1-3H3,(H,24,27). The van der Waals surface area contributed by atoms with Crippen LogP contribution in [0.25, 0.3) is 0 Å². The molecular formula is C23H30N2O3. The molecular weight excluding hydrogens is 352 g/mol. The van der Waals surface area contributed by atoms with Crippen molar-refractivity contribution in [3.63, 3.8) is 0 Å². The van der Waals surface area contributed by atoms with Crippen molar-refractivity contribution in [2.24, 2.45) is 0 Å². The highest BCUT2D eigenvalue weighted by atomic mass is 16.5. The number of carbonyl (C=O) groups excluding carboxylic acids is 2. The Bertz CT molecular complexity index is 744. The van der Waals surface area contributed by atoms with Crippen molar-refractivity contribution >= 4 is 11.8 Å². The monoisotopic (exact) mass is 382 g/mol. The first-order valence-corrected chi connectivity index (χ1v) is 9.85. The third-order valence-corrected chi connectivity index (χ3v) is 4.51. The van der Waals surface area contributed by atoms with Gasteiger partial charge in [-0.15, -0.1) is 0 Å². The number of benzene rings is 2. The van der Waals surface area contributed by atoms with E-state index < -0.39 is 6.04 Å². The minimum atomic E-state index is -0.528. The van der Waals surface area contributed by atoms with E-state index in [0.717, 1.165) is 17.5 Å². The van der Waals surface area contributed by atoms with Gasteiger partial charge in [-0.05, 0) is 37.5 Å². The molecule has 0 heterocycles. The van der Waals surface area contributed by atoms with Crippen molar-refractivity contribution in [1.29, 1.82) is 0 Å². The summed E-state index contributed by atoms with van der Waals surface area (Å²) in [6.45, 7) is 6.81. The fraction of sp³-hybridized carbons (Fsp3) is 0.391. The van der Waals surface area contributed by atoms with Crippen LogP contribution in [0.4, 0.5) is 0 Å². The second-order valence-corrected chi connectivity index (χ2v) is 6.82. The molecule has 0 aliphatic heterocycles. The molecule has 1 N–H and O–H groups in total. The highest BCUT2D eigenvalue weighted by Crippen LogP contribution is 2.15. The minimum absolute atomic E-state index is 0.104. The number of amides is 2. The van der Waals surface area contributed by atoms with Crippen LogP contribution in [0.5, 0.6) is 5.75 Å². The van der Waals surface area contributed by atoms with Crippen molar-refractivity contribution in [2.75, 3.05) is 13.2 Å². The Balaban J connectivity index is 2.16. The van der Waals surface area contributed by atoms with Gasteiger partial charge in [-0.2, -0.15) is 0 Å². The Kier molecular flexibility index (Phi) is 8.53. The molecule has 0 bridgehead atoms. The van der Waals surface area contributed by atoms with Crippen LogP contribution in [0.2, 0.25) is 0 Å². The van der Waals surface area contributed by atoms with Crippen molar-refractivity contribution in [2.45, 2.75) is 46.2 Å². The average molecular weight is 383 g/mol. The number of hydrogen-bond acceptors (Lipinski definition) is 3. The third-order valence-electron chi connectivity index (χ3n) is 4.51. The molecule has 0 saturated carbocycles. The van der Waals surface area contributed by atoms with Crippen LogP contribution < -0.4 is 10.1 Å². The van der Waals surface area contributed by atoms with E-state index in [1.54, 1.807) is 4.90 Å². The summed E-state index contributed by atoms with van der Waals surface area (Å²) >= 11 is 0. The summed E-state index contributed by atoms with van der Waals surface area (Å²) in [5, 5.41) is 2.91. The zero-order chi connectivity index (χ0) is 20.4. The molecule has 0 aromatic heterocycles. The summed E-state index contributed by atoms with van der Waals surface area (Å²) in [6, 6.07) is 16.7. The van der Waals surface area contributed by atoms with Crippen molar-refractivity contribution in [3.8, 4) is 5.75 Å². The molecule has 2 aromatic carbocycles. The van der Waals surface area contributed by atoms with Gasteiger partial charge in [0, 0.05) is 13.1 Å². The fourth-order valence-electron chi connectivity index (χ4n) is 2.92. The quantitative estimate of drug-likeness (QED) is 0.681. The molecule has 5 nitrogen and oxygen atoms in total. The summed E-state index contributed by atoms with van der Waals surface area (Å²) in [5.74, 6) is 0.307. The third kappa shape index (κ3) is 6.41. The number of carbonyl (C=O) groups is 2. The summed E-state index contributed by atoms with van der Waals surface area (Å²) < 4.78 is 5.64. The zero-order valence-electron chi connectivity index (χ0n) is 17.0. The lowest BCUT2D eigenvalue weighted by Crippen LogP contribution is -2.50. The summed E-state index contributed by atoms with van der Waals surface area (Å²) in [7, 11) is 0. The van der Waals surface area contributed by atoms with Gasteiger partial charge in [0.1, 0.15) is 11.8 Å². The van der Waals surface area contributed by atoms with E-state index in [-0.39, 0.29) is 18.4 Å². The first-order valence-electron chi connectivity index (χ1n) is 9.85. The SMILES string of the molecule is CCCNC(=O)C(CC)N(Cc1ccc(C)cc1)C(=O)COc1ccccc1. The van der Waals surface area contributed by atoms with Crippen LogP contribution in [0.3, 0.4) is 0 Å². The first-order chi connectivity index (χ1) is 13.5. The van der Waals surface area contributed by atoms with E-state index in [0.29, 0.717) is 25.3 Å². The summed E-state index contributed by atoms with van der Waals surface area (Å²) in [5.41, 5.74) is 2.14. The highest BCUT2D eigenvalue weighted by molar-refractivity contribution is 5.88. The molecule has 2 aromatic rings. The fourth-order valence-corrected chi connectivity index (χ4v) is 2.92. The smallest absolute Gasteiger partial charge is 0.261 e. The van der Waals surface area contributed by atoms with Gasteiger partial charge in [0.2, 0.25) is 5.91 Å². The Morgan fingerprint density at radius 2 is 1.71 bits per heavy atom. The predicted octanol–water partition coefficient (Wildman–Crippen LogP) is 3.71. The van der Waals surface area contributed by atoms with Gasteiger partial charge >= 0.3 is 0 Å². The van der Waals surface area contributed by atoms with Gasteiger partial charge in [-0.25, -0.2) is 0 Å². The second-order valence-electron chi connectivity index (χ2n) is 6.82. The number of hydrogen-bond donors (Lipinski definition) is 1. The number of ether oxygens (including phenoxy) is 1. The molecule has 0 fully saturated rings. The molecule has 1 unspecified atom stereocenters. The lowest BCUT2D eigenvalue weighted by atomic mass is 10.1. The molecule has 2 amide bonds. The Labute approximate surface area is 167 Å². The Morgan fingerprint density at radius 1 is 1.04 bits per heavy atom. The molecule has 5 heteroatoms. The number of nitrogens with zero attached hydrogens (tertiary/aromatic N) is 1. The molecule has 150 valence electrons. The Morgan fingerprint density at radius 3 is 2.32 bits per heavy atom. The number of para-hydroxylation sites is 1. The first kappa shape index (κ1) is 21.5. The van der Waals surface area contributed by atoms with E-state index in [2.05, 4.69) is 5.32 Å². The van der Waals surface area contributed by atoms with Gasteiger partial charge in [0.05, 0.1) is 0 Å². The zero-order valence-corrected chi connectivity index (χ0v) is 17.0. The lowest BCUT2D eigenvalue weighted by molar-refractivity contribution is -0.143. The molecule has 1 atom stereocenters. The van der Waals surface area contributed by atoms with Crippen molar-refractivity contribution < 1.29 is 14.3 Å². The molecule has 0 saturated heterocycles. The van der Waals surface area contributed by atoms with Crippen LogP contribution >= 0.6 is 0 Å². The normalized spacial score (nSPS) is 11.5. The van der Waals surface area contributed by atoms with Gasteiger partial charge in [-0.3, -0.25) is 9.59 Å². The van der Waals surface area contributed by atoms with Gasteiger partial charge in [-0.1, -0.05) is 61.9 Å². The predicted molar refractivity (Wildman–Crippen MR) is 111 cm³/mol. The van der Waals surface area contributed by atoms with E-state index in [1.807, 2.05) is 75.4 Å². The molecule has 0 aliphatic rings. The topological polar surface area (TPSA) is 58.6 Å². The van der Waals surface area contributed by atoms with Crippen molar-refractivity contribution in [1.82, 2.24) is 10.2 Å². The summed E-state index contributed by atoms with van der Waals surface area (Å²) in [4.78, 5) is 27.3.